The zero-order chi connectivity index (χ0) is 11.6. The van der Waals surface area contributed by atoms with Crippen LogP contribution in [0.15, 0.2) is 23.8 Å². The van der Waals surface area contributed by atoms with Crippen LogP contribution in [0.25, 0.3) is 0 Å². The van der Waals surface area contributed by atoms with Gasteiger partial charge in [-0.15, -0.1) is 0 Å². The summed E-state index contributed by atoms with van der Waals surface area (Å²) in [5.41, 5.74) is 2.90. The molecule has 0 fully saturated rings. The van der Waals surface area contributed by atoms with Crippen LogP contribution in [0.1, 0.15) is 40.5 Å². The van der Waals surface area contributed by atoms with Crippen LogP contribution in [0.4, 0.5) is 0 Å². The highest BCUT2D eigenvalue weighted by molar-refractivity contribution is 5.53. The molecule has 0 spiro atoms. The number of carbonyl (C=O) groups excluding carboxylic acids is 1. The van der Waals surface area contributed by atoms with Gasteiger partial charge in [0.2, 0.25) is 0 Å². The van der Waals surface area contributed by atoms with Gasteiger partial charge in [-0.1, -0.05) is 44.6 Å². The van der Waals surface area contributed by atoms with Crippen LogP contribution in [0, 0.1) is 17.3 Å². The standard InChI is InChI=1S/C14H22O/c1-10(9-15)8-11(2)13-7-6-12(3)14(13,4)5/h6,9-10,13H,2,7-8H2,1,3-5H3. The van der Waals surface area contributed by atoms with Crippen LogP contribution in [-0.4, -0.2) is 6.29 Å². The predicted molar refractivity (Wildman–Crippen MR) is 64.6 cm³/mol. The molecule has 0 heterocycles. The topological polar surface area (TPSA) is 17.1 Å². The van der Waals surface area contributed by atoms with Gasteiger partial charge in [-0.2, -0.15) is 0 Å². The van der Waals surface area contributed by atoms with Crippen LogP contribution in [-0.2, 0) is 4.79 Å². The fourth-order valence-corrected chi connectivity index (χ4v) is 2.41. The molecule has 0 amide bonds. The number of hydrogen-bond donors (Lipinski definition) is 0. The molecule has 1 aliphatic carbocycles. The fraction of sp³-hybridized carbons (Fsp3) is 0.643. The molecule has 0 aliphatic heterocycles. The third-order valence-electron chi connectivity index (χ3n) is 3.86. The van der Waals surface area contributed by atoms with E-state index in [-0.39, 0.29) is 11.3 Å². The minimum atomic E-state index is 0.106. The van der Waals surface area contributed by atoms with Crippen LogP contribution in [0.5, 0.6) is 0 Å². The highest BCUT2D eigenvalue weighted by Gasteiger charge is 2.36. The lowest BCUT2D eigenvalue weighted by Crippen LogP contribution is -2.22. The van der Waals surface area contributed by atoms with Crippen molar-refractivity contribution in [2.45, 2.75) is 40.5 Å². The summed E-state index contributed by atoms with van der Waals surface area (Å²) < 4.78 is 0. The summed E-state index contributed by atoms with van der Waals surface area (Å²) in [6.07, 6.45) is 5.25. The van der Waals surface area contributed by atoms with Crippen LogP contribution in [0.3, 0.4) is 0 Å². The van der Waals surface area contributed by atoms with Gasteiger partial charge in [-0.05, 0) is 31.1 Å². The predicted octanol–water partition coefficient (Wildman–Crippen LogP) is 3.76. The Balaban J connectivity index is 2.68. The molecular formula is C14H22O. The summed E-state index contributed by atoms with van der Waals surface area (Å²) in [6.45, 7) is 12.9. The minimum Gasteiger partial charge on any atom is -0.303 e. The van der Waals surface area contributed by atoms with Gasteiger partial charge in [0.05, 0.1) is 0 Å². The molecule has 0 saturated carbocycles. The Morgan fingerprint density at radius 2 is 2.33 bits per heavy atom. The van der Waals surface area contributed by atoms with Gasteiger partial charge in [-0.3, -0.25) is 0 Å². The second kappa shape index (κ2) is 4.34. The smallest absolute Gasteiger partial charge is 0.123 e. The fourth-order valence-electron chi connectivity index (χ4n) is 2.41. The molecule has 84 valence electrons. The SMILES string of the molecule is C=C(CC(C)C=O)C1CC=C(C)C1(C)C. The Hall–Kier alpha value is -0.850. The molecular weight excluding hydrogens is 184 g/mol. The van der Waals surface area contributed by atoms with Crippen molar-refractivity contribution in [3.63, 3.8) is 0 Å². The van der Waals surface area contributed by atoms with E-state index in [2.05, 4.69) is 33.4 Å². The molecule has 0 radical (unpaired) electrons. The van der Waals surface area contributed by atoms with Crippen molar-refractivity contribution in [1.29, 1.82) is 0 Å². The number of aldehydes is 1. The van der Waals surface area contributed by atoms with E-state index in [1.165, 1.54) is 11.1 Å². The summed E-state index contributed by atoms with van der Waals surface area (Å²) in [5.74, 6) is 0.620. The van der Waals surface area contributed by atoms with Gasteiger partial charge in [0.15, 0.2) is 0 Å². The molecule has 2 atom stereocenters. The summed E-state index contributed by atoms with van der Waals surface area (Å²) >= 11 is 0. The van der Waals surface area contributed by atoms with Crippen LogP contribution < -0.4 is 0 Å². The van der Waals surface area contributed by atoms with E-state index < -0.39 is 0 Å². The van der Waals surface area contributed by atoms with E-state index in [0.717, 1.165) is 19.1 Å². The van der Waals surface area contributed by atoms with Crippen LogP contribution >= 0.6 is 0 Å². The molecule has 1 nitrogen and oxygen atoms in total. The average molecular weight is 206 g/mol. The van der Waals surface area contributed by atoms with E-state index >= 15 is 0 Å². The van der Waals surface area contributed by atoms with Gasteiger partial charge in [0, 0.05) is 5.92 Å². The molecule has 0 N–H and O–H groups in total. The van der Waals surface area contributed by atoms with Crippen molar-refractivity contribution in [1.82, 2.24) is 0 Å². The molecule has 0 saturated heterocycles. The average Bonchev–Trinajstić information content (AvgIpc) is 2.41. The van der Waals surface area contributed by atoms with Gasteiger partial charge < -0.3 is 4.79 Å². The maximum atomic E-state index is 10.6. The quantitative estimate of drug-likeness (QED) is 0.505. The van der Waals surface area contributed by atoms with Crippen molar-refractivity contribution < 1.29 is 4.79 Å². The van der Waals surface area contributed by atoms with Crippen LogP contribution in [0.2, 0.25) is 0 Å². The van der Waals surface area contributed by atoms with Crippen molar-refractivity contribution >= 4 is 6.29 Å². The maximum Gasteiger partial charge on any atom is 0.123 e. The summed E-state index contributed by atoms with van der Waals surface area (Å²) in [4.78, 5) is 10.6. The van der Waals surface area contributed by atoms with E-state index in [1.54, 1.807) is 0 Å². The Morgan fingerprint density at radius 1 is 1.73 bits per heavy atom. The van der Waals surface area contributed by atoms with Gasteiger partial charge in [-0.25, -0.2) is 0 Å². The zero-order valence-electron chi connectivity index (χ0n) is 10.3. The van der Waals surface area contributed by atoms with E-state index in [1.807, 2.05) is 6.92 Å². The maximum absolute atomic E-state index is 10.6. The third kappa shape index (κ3) is 2.39. The zero-order valence-corrected chi connectivity index (χ0v) is 10.3. The highest BCUT2D eigenvalue weighted by atomic mass is 16.1. The Labute approximate surface area is 93.3 Å². The molecule has 0 bridgehead atoms. The van der Waals surface area contributed by atoms with E-state index in [4.69, 9.17) is 0 Å². The summed E-state index contributed by atoms with van der Waals surface area (Å²) in [5, 5.41) is 0. The first-order valence-electron chi connectivity index (χ1n) is 5.69. The van der Waals surface area contributed by atoms with Crippen molar-refractivity contribution in [3.05, 3.63) is 23.8 Å². The lowest BCUT2D eigenvalue weighted by atomic mass is 9.73. The third-order valence-corrected chi connectivity index (χ3v) is 3.86. The molecule has 0 aromatic rings. The van der Waals surface area contributed by atoms with Gasteiger partial charge >= 0.3 is 0 Å². The first-order valence-corrected chi connectivity index (χ1v) is 5.69. The lowest BCUT2D eigenvalue weighted by molar-refractivity contribution is -0.110. The molecule has 1 rings (SSSR count). The largest absolute Gasteiger partial charge is 0.303 e. The molecule has 0 aromatic carbocycles. The monoisotopic (exact) mass is 206 g/mol. The Bertz CT molecular complexity index is 296. The molecule has 1 heteroatoms. The summed E-state index contributed by atoms with van der Waals surface area (Å²) in [7, 11) is 0. The van der Waals surface area contributed by atoms with Gasteiger partial charge in [0.1, 0.15) is 6.29 Å². The molecule has 0 aromatic heterocycles. The number of rotatable bonds is 4. The molecule has 1 aliphatic rings. The minimum absolute atomic E-state index is 0.106. The normalized spacial score (nSPS) is 25.9. The lowest BCUT2D eigenvalue weighted by Gasteiger charge is -2.31. The number of allylic oxidation sites excluding steroid dienone is 3. The number of hydrogen-bond acceptors (Lipinski definition) is 1. The first kappa shape index (κ1) is 12.2. The first-order chi connectivity index (χ1) is 6.89. The second-order valence-corrected chi connectivity index (χ2v) is 5.37. The van der Waals surface area contributed by atoms with E-state index in [0.29, 0.717) is 5.92 Å². The Kier molecular flexibility index (Phi) is 3.54. The second-order valence-electron chi connectivity index (χ2n) is 5.37. The van der Waals surface area contributed by atoms with Crippen molar-refractivity contribution in [3.8, 4) is 0 Å². The van der Waals surface area contributed by atoms with Crippen molar-refractivity contribution in [2.24, 2.45) is 17.3 Å². The molecule has 2 unspecified atom stereocenters. The van der Waals surface area contributed by atoms with Gasteiger partial charge in [0.25, 0.3) is 0 Å². The van der Waals surface area contributed by atoms with Crippen molar-refractivity contribution in [2.75, 3.05) is 0 Å². The molecule has 15 heavy (non-hydrogen) atoms. The summed E-state index contributed by atoms with van der Waals surface area (Å²) in [6, 6.07) is 0. The highest BCUT2D eigenvalue weighted by Crippen LogP contribution is 2.47. The van der Waals surface area contributed by atoms with E-state index in [9.17, 15) is 4.79 Å². The number of carbonyl (C=O) groups is 1. The Morgan fingerprint density at radius 3 is 2.73 bits per heavy atom.